The quantitative estimate of drug-likeness (QED) is 0.491. The Hall–Kier alpha value is -0.370. The van der Waals surface area contributed by atoms with E-state index in [1.54, 1.807) is 26.0 Å². The van der Waals surface area contributed by atoms with Gasteiger partial charge in [-0.1, -0.05) is 18.2 Å². The van der Waals surface area contributed by atoms with Gasteiger partial charge in [-0.05, 0) is 20.8 Å². The smallest absolute Gasteiger partial charge is 0.306 e. The molecule has 0 aliphatic rings. The maximum atomic E-state index is 11.7. The van der Waals surface area contributed by atoms with E-state index in [1.165, 1.54) is 5.82 Å². The van der Waals surface area contributed by atoms with E-state index in [1.807, 2.05) is 13.0 Å². The Morgan fingerprint density at radius 2 is 1.69 bits per heavy atom. The first-order valence-electron chi connectivity index (χ1n) is 4.37. The van der Waals surface area contributed by atoms with Gasteiger partial charge in [0.05, 0.1) is 13.2 Å². The van der Waals surface area contributed by atoms with Crippen LogP contribution in [0.25, 0.3) is 0 Å². The molecule has 3 nitrogen and oxygen atoms in total. The third-order valence-electron chi connectivity index (χ3n) is 1.19. The molecular weight excluding hydrogens is 187 g/mol. The lowest BCUT2D eigenvalue weighted by Crippen LogP contribution is -1.92. The Morgan fingerprint density at radius 1 is 1.15 bits per heavy atom. The monoisotopic (exact) mass is 204 g/mol. The van der Waals surface area contributed by atoms with Crippen LogP contribution in [-0.4, -0.2) is 13.2 Å². The predicted molar refractivity (Wildman–Crippen MR) is 54.8 cm³/mol. The summed E-state index contributed by atoms with van der Waals surface area (Å²) >= 11 is 0. The Labute approximate surface area is 80.0 Å². The minimum Gasteiger partial charge on any atom is -0.306 e. The molecule has 0 saturated heterocycles. The van der Waals surface area contributed by atoms with Crippen molar-refractivity contribution in [2.75, 3.05) is 13.2 Å². The van der Waals surface area contributed by atoms with Gasteiger partial charge in [0.1, 0.15) is 0 Å². The highest BCUT2D eigenvalue weighted by molar-refractivity contribution is 7.57. The van der Waals surface area contributed by atoms with Crippen LogP contribution in [0.5, 0.6) is 0 Å². The maximum absolute atomic E-state index is 11.7. The van der Waals surface area contributed by atoms with E-state index < -0.39 is 7.60 Å². The van der Waals surface area contributed by atoms with Crippen LogP contribution in [0.4, 0.5) is 0 Å². The summed E-state index contributed by atoms with van der Waals surface area (Å²) in [4.78, 5) is 0. The summed E-state index contributed by atoms with van der Waals surface area (Å²) in [5, 5.41) is 0. The fraction of sp³-hybridized carbons (Fsp3) is 0.556. The minimum atomic E-state index is -2.98. The molecule has 0 rings (SSSR count). The van der Waals surface area contributed by atoms with E-state index in [2.05, 4.69) is 0 Å². The zero-order chi connectivity index (χ0) is 10.2. The van der Waals surface area contributed by atoms with Crippen molar-refractivity contribution >= 4 is 7.60 Å². The standard InChI is InChI=1S/C9H17O3P/c1-4-7-8-9-13(10,11-5-2)12-6-3/h4,7-9H,5-6H2,1-3H3/b7-4+,9-8-. The van der Waals surface area contributed by atoms with E-state index in [0.717, 1.165) is 0 Å². The summed E-state index contributed by atoms with van der Waals surface area (Å²) in [6.07, 6.45) is 5.30. The van der Waals surface area contributed by atoms with Crippen molar-refractivity contribution in [1.29, 1.82) is 0 Å². The molecule has 0 aromatic carbocycles. The van der Waals surface area contributed by atoms with Gasteiger partial charge in [0.25, 0.3) is 0 Å². The zero-order valence-corrected chi connectivity index (χ0v) is 9.29. The van der Waals surface area contributed by atoms with Crippen LogP contribution in [0.3, 0.4) is 0 Å². The SMILES string of the molecule is C/C=C/C=C\P(=O)(OCC)OCC. The van der Waals surface area contributed by atoms with Gasteiger partial charge in [-0.2, -0.15) is 0 Å². The molecular formula is C9H17O3P. The van der Waals surface area contributed by atoms with Crippen LogP contribution >= 0.6 is 7.60 Å². The molecule has 0 aliphatic carbocycles. The molecule has 0 amide bonds. The summed E-state index contributed by atoms with van der Waals surface area (Å²) in [5.74, 6) is 1.47. The van der Waals surface area contributed by atoms with Crippen molar-refractivity contribution in [2.24, 2.45) is 0 Å². The molecule has 0 fully saturated rings. The molecule has 0 spiro atoms. The van der Waals surface area contributed by atoms with Gasteiger partial charge in [-0.25, -0.2) is 0 Å². The average molecular weight is 204 g/mol. The molecule has 13 heavy (non-hydrogen) atoms. The van der Waals surface area contributed by atoms with Gasteiger partial charge >= 0.3 is 7.60 Å². The van der Waals surface area contributed by atoms with Crippen LogP contribution in [0, 0.1) is 0 Å². The summed E-state index contributed by atoms with van der Waals surface area (Å²) in [7, 11) is -2.98. The molecule has 0 unspecified atom stereocenters. The van der Waals surface area contributed by atoms with Crippen LogP contribution in [0.15, 0.2) is 24.0 Å². The first-order valence-corrected chi connectivity index (χ1v) is 5.99. The van der Waals surface area contributed by atoms with Crippen LogP contribution in [-0.2, 0) is 13.6 Å². The summed E-state index contributed by atoms with van der Waals surface area (Å²) in [5.41, 5.74) is 0. The van der Waals surface area contributed by atoms with E-state index in [4.69, 9.17) is 9.05 Å². The van der Waals surface area contributed by atoms with Gasteiger partial charge < -0.3 is 9.05 Å². The highest BCUT2D eigenvalue weighted by atomic mass is 31.2. The van der Waals surface area contributed by atoms with Crippen molar-refractivity contribution in [1.82, 2.24) is 0 Å². The average Bonchev–Trinajstić information content (AvgIpc) is 2.05. The molecule has 4 heteroatoms. The largest absolute Gasteiger partial charge is 0.354 e. The second kappa shape index (κ2) is 7.07. The van der Waals surface area contributed by atoms with Crippen LogP contribution < -0.4 is 0 Å². The third-order valence-corrected chi connectivity index (χ3v) is 2.96. The fourth-order valence-corrected chi connectivity index (χ4v) is 2.03. The van der Waals surface area contributed by atoms with E-state index in [0.29, 0.717) is 13.2 Å². The van der Waals surface area contributed by atoms with Crippen molar-refractivity contribution in [3.05, 3.63) is 24.0 Å². The number of hydrogen-bond acceptors (Lipinski definition) is 3. The van der Waals surface area contributed by atoms with E-state index in [9.17, 15) is 4.57 Å². The molecule has 0 saturated carbocycles. The lowest BCUT2D eigenvalue weighted by atomic mass is 10.5. The second-order valence-electron chi connectivity index (χ2n) is 2.24. The number of allylic oxidation sites excluding steroid dienone is 3. The summed E-state index contributed by atoms with van der Waals surface area (Å²) < 4.78 is 21.8. The highest BCUT2D eigenvalue weighted by Gasteiger charge is 2.17. The fourth-order valence-electron chi connectivity index (χ4n) is 0.749. The van der Waals surface area contributed by atoms with Crippen LogP contribution in [0.1, 0.15) is 20.8 Å². The van der Waals surface area contributed by atoms with Crippen LogP contribution in [0.2, 0.25) is 0 Å². The van der Waals surface area contributed by atoms with Gasteiger partial charge in [0.15, 0.2) is 0 Å². The molecule has 0 atom stereocenters. The van der Waals surface area contributed by atoms with Gasteiger partial charge in [-0.15, -0.1) is 0 Å². The topological polar surface area (TPSA) is 35.5 Å². The molecule has 0 aliphatic heterocycles. The second-order valence-corrected chi connectivity index (χ2v) is 4.14. The number of hydrogen-bond donors (Lipinski definition) is 0. The highest BCUT2D eigenvalue weighted by Crippen LogP contribution is 2.49. The lowest BCUT2D eigenvalue weighted by molar-refractivity contribution is 0.229. The van der Waals surface area contributed by atoms with Gasteiger partial charge in [-0.3, -0.25) is 4.57 Å². The molecule has 76 valence electrons. The van der Waals surface area contributed by atoms with Crippen molar-refractivity contribution in [2.45, 2.75) is 20.8 Å². The maximum Gasteiger partial charge on any atom is 0.354 e. The first-order chi connectivity index (χ1) is 6.18. The summed E-state index contributed by atoms with van der Waals surface area (Å²) in [6, 6.07) is 0. The zero-order valence-electron chi connectivity index (χ0n) is 8.40. The first kappa shape index (κ1) is 12.6. The lowest BCUT2D eigenvalue weighted by Gasteiger charge is -2.11. The number of rotatable bonds is 6. The Bertz CT molecular complexity index is 211. The third kappa shape index (κ3) is 5.81. The molecule has 0 radical (unpaired) electrons. The Kier molecular flexibility index (Phi) is 6.87. The van der Waals surface area contributed by atoms with E-state index >= 15 is 0 Å². The molecule has 0 heterocycles. The normalized spacial score (nSPS) is 13.2. The predicted octanol–water partition coefficient (Wildman–Crippen LogP) is 3.34. The minimum absolute atomic E-state index is 0.386. The van der Waals surface area contributed by atoms with Crippen molar-refractivity contribution in [3.8, 4) is 0 Å². The van der Waals surface area contributed by atoms with E-state index in [-0.39, 0.29) is 0 Å². The van der Waals surface area contributed by atoms with Gasteiger partial charge in [0, 0.05) is 5.82 Å². The van der Waals surface area contributed by atoms with Gasteiger partial charge in [0.2, 0.25) is 0 Å². The molecule has 0 aromatic rings. The summed E-state index contributed by atoms with van der Waals surface area (Å²) in [6.45, 7) is 6.23. The van der Waals surface area contributed by atoms with Crippen molar-refractivity contribution in [3.63, 3.8) is 0 Å². The van der Waals surface area contributed by atoms with Crippen molar-refractivity contribution < 1.29 is 13.6 Å². The molecule has 0 bridgehead atoms. The molecule has 0 aromatic heterocycles. The Morgan fingerprint density at radius 3 is 2.08 bits per heavy atom. The molecule has 0 N–H and O–H groups in total. The Balaban J connectivity index is 4.31.